The molecule has 2 aliphatic rings. The molecule has 4 rings (SSSR count). The Morgan fingerprint density at radius 2 is 2.19 bits per heavy atom. The van der Waals surface area contributed by atoms with Crippen molar-refractivity contribution in [2.75, 3.05) is 24.6 Å². The van der Waals surface area contributed by atoms with Gasteiger partial charge >= 0.3 is 5.97 Å². The lowest BCUT2D eigenvalue weighted by Gasteiger charge is -2.31. The lowest BCUT2D eigenvalue weighted by atomic mass is 10.0. The lowest BCUT2D eigenvalue weighted by molar-refractivity contribution is 0.0694. The zero-order chi connectivity index (χ0) is 19.5. The Morgan fingerprint density at radius 3 is 2.81 bits per heavy atom. The Morgan fingerprint density at radius 1 is 1.44 bits per heavy atom. The van der Waals surface area contributed by atoms with E-state index in [9.17, 15) is 14.7 Å². The maximum absolute atomic E-state index is 15.1. The van der Waals surface area contributed by atoms with Crippen LogP contribution in [0.2, 0.25) is 0 Å². The van der Waals surface area contributed by atoms with E-state index in [0.29, 0.717) is 30.0 Å². The summed E-state index contributed by atoms with van der Waals surface area (Å²) in [6, 6.07) is 0.892. The summed E-state index contributed by atoms with van der Waals surface area (Å²) in [5, 5.41) is 9.36. The van der Waals surface area contributed by atoms with Gasteiger partial charge < -0.3 is 25.0 Å². The normalized spacial score (nSPS) is 24.3. The number of carbonyl (C=O) groups is 1. The van der Waals surface area contributed by atoms with Crippen molar-refractivity contribution in [1.82, 2.24) is 4.57 Å². The molecule has 3 N–H and O–H groups in total. The number of aromatic carboxylic acids is 1. The van der Waals surface area contributed by atoms with Crippen LogP contribution in [0.1, 0.15) is 36.7 Å². The molecule has 27 heavy (non-hydrogen) atoms. The van der Waals surface area contributed by atoms with E-state index >= 15 is 4.39 Å². The molecule has 0 amide bonds. The first-order valence-electron chi connectivity index (χ1n) is 9.11. The summed E-state index contributed by atoms with van der Waals surface area (Å²) in [5.74, 6) is -1.37. The molecule has 144 valence electrons. The van der Waals surface area contributed by atoms with Crippen LogP contribution in [0.4, 0.5) is 10.1 Å². The van der Waals surface area contributed by atoms with Crippen LogP contribution in [0.3, 0.4) is 0 Å². The van der Waals surface area contributed by atoms with Crippen LogP contribution in [-0.4, -0.2) is 41.4 Å². The highest BCUT2D eigenvalue weighted by Gasteiger charge is 2.35. The molecule has 1 aromatic carbocycles. The first-order valence-corrected chi connectivity index (χ1v) is 9.11. The van der Waals surface area contributed by atoms with Gasteiger partial charge in [0, 0.05) is 25.3 Å². The largest absolute Gasteiger partial charge is 0.487 e. The summed E-state index contributed by atoms with van der Waals surface area (Å²) in [4.78, 5) is 25.9. The van der Waals surface area contributed by atoms with Crippen molar-refractivity contribution in [2.24, 2.45) is 11.7 Å². The smallest absolute Gasteiger partial charge is 0.341 e. The lowest BCUT2D eigenvalue weighted by Crippen LogP contribution is -2.31. The number of pyridine rings is 1. The molecule has 8 heteroatoms. The van der Waals surface area contributed by atoms with Crippen molar-refractivity contribution < 1.29 is 19.0 Å². The van der Waals surface area contributed by atoms with Gasteiger partial charge in [-0.05, 0) is 18.9 Å². The molecule has 1 saturated heterocycles. The monoisotopic (exact) mass is 375 g/mol. The predicted octanol–water partition coefficient (Wildman–Crippen LogP) is 1.97. The van der Waals surface area contributed by atoms with E-state index in [0.717, 1.165) is 12.5 Å². The molecular weight excluding hydrogens is 353 g/mol. The summed E-state index contributed by atoms with van der Waals surface area (Å²) >= 11 is 0. The van der Waals surface area contributed by atoms with Crippen LogP contribution < -0.4 is 20.8 Å². The van der Waals surface area contributed by atoms with Crippen LogP contribution in [0.25, 0.3) is 10.9 Å². The van der Waals surface area contributed by atoms with Crippen LogP contribution >= 0.6 is 0 Å². The fraction of sp³-hybridized carbons (Fsp3) is 0.474. The summed E-state index contributed by atoms with van der Waals surface area (Å²) in [6.45, 7) is 5.30. The Labute approximate surface area is 155 Å². The SMILES string of the molecule is CCC1CN(c2c(F)cc3c(=O)c(C(=O)O)cn4c3c2OC[C@@H]4C)C[C@H]1N. The molecule has 3 heterocycles. The number of carboxylic acid groups (broad SMARTS) is 1. The third-order valence-corrected chi connectivity index (χ3v) is 5.70. The highest BCUT2D eigenvalue weighted by molar-refractivity contribution is 5.97. The van der Waals surface area contributed by atoms with Crippen LogP contribution in [-0.2, 0) is 0 Å². The molecule has 2 aliphatic heterocycles. The van der Waals surface area contributed by atoms with Gasteiger partial charge in [-0.3, -0.25) is 4.79 Å². The second-order valence-corrected chi connectivity index (χ2v) is 7.41. The van der Waals surface area contributed by atoms with E-state index in [-0.39, 0.29) is 35.6 Å². The number of hydrogen-bond donors (Lipinski definition) is 2. The Balaban J connectivity index is 2.00. The maximum atomic E-state index is 15.1. The number of carboxylic acids is 1. The van der Waals surface area contributed by atoms with Crippen LogP contribution in [0.15, 0.2) is 17.1 Å². The van der Waals surface area contributed by atoms with Gasteiger partial charge in [-0.25, -0.2) is 9.18 Å². The van der Waals surface area contributed by atoms with Gasteiger partial charge in [0.05, 0.1) is 16.9 Å². The van der Waals surface area contributed by atoms with Crippen LogP contribution in [0.5, 0.6) is 5.75 Å². The van der Waals surface area contributed by atoms with E-state index in [2.05, 4.69) is 6.92 Å². The highest BCUT2D eigenvalue weighted by atomic mass is 19.1. The number of benzene rings is 1. The number of halogens is 1. The Kier molecular flexibility index (Phi) is 4.10. The maximum Gasteiger partial charge on any atom is 0.341 e. The van der Waals surface area contributed by atoms with Gasteiger partial charge in [-0.2, -0.15) is 0 Å². The zero-order valence-electron chi connectivity index (χ0n) is 15.2. The number of anilines is 1. The molecule has 0 spiro atoms. The minimum absolute atomic E-state index is 0.0215. The predicted molar refractivity (Wildman–Crippen MR) is 99.3 cm³/mol. The number of hydrogen-bond acceptors (Lipinski definition) is 5. The minimum Gasteiger partial charge on any atom is -0.487 e. The third-order valence-electron chi connectivity index (χ3n) is 5.70. The Hall–Kier alpha value is -2.61. The van der Waals surface area contributed by atoms with Gasteiger partial charge in [0.1, 0.15) is 17.9 Å². The fourth-order valence-electron chi connectivity index (χ4n) is 4.17. The number of rotatable bonds is 3. The first-order chi connectivity index (χ1) is 12.8. The number of nitrogens with zero attached hydrogens (tertiary/aromatic N) is 2. The van der Waals surface area contributed by atoms with Crippen molar-refractivity contribution in [1.29, 1.82) is 0 Å². The van der Waals surface area contributed by atoms with Crippen molar-refractivity contribution in [3.8, 4) is 5.75 Å². The van der Waals surface area contributed by atoms with Crippen molar-refractivity contribution in [3.63, 3.8) is 0 Å². The van der Waals surface area contributed by atoms with E-state index in [4.69, 9.17) is 10.5 Å². The quantitative estimate of drug-likeness (QED) is 0.851. The highest BCUT2D eigenvalue weighted by Crippen LogP contribution is 2.43. The van der Waals surface area contributed by atoms with Gasteiger partial charge in [0.2, 0.25) is 5.43 Å². The van der Waals surface area contributed by atoms with Gasteiger partial charge in [0.15, 0.2) is 11.6 Å². The first kappa shape index (κ1) is 17.8. The molecular formula is C19H22FN3O4. The second-order valence-electron chi connectivity index (χ2n) is 7.41. The topological polar surface area (TPSA) is 97.8 Å². The molecule has 7 nitrogen and oxygen atoms in total. The van der Waals surface area contributed by atoms with Crippen molar-refractivity contribution in [2.45, 2.75) is 32.4 Å². The Bertz CT molecular complexity index is 1000. The average molecular weight is 375 g/mol. The standard InChI is InChI=1S/C19H22FN3O4/c1-3-10-5-22(7-14(10)21)16-13(20)4-11-15-18(16)27-8-9(2)23(15)6-12(17(11)24)19(25)26/h4,6,9-10,14H,3,5,7-8,21H2,1-2H3,(H,25,26)/t9-,10?,14+/m0/s1. The molecule has 0 bridgehead atoms. The summed E-state index contributed by atoms with van der Waals surface area (Å²) < 4.78 is 22.7. The number of nitrogens with two attached hydrogens (primary N) is 1. The second kappa shape index (κ2) is 6.23. The minimum atomic E-state index is -1.33. The van der Waals surface area contributed by atoms with Crippen molar-refractivity contribution in [3.05, 3.63) is 33.9 Å². The molecule has 1 unspecified atom stereocenters. The average Bonchev–Trinajstić information content (AvgIpc) is 2.99. The molecule has 3 atom stereocenters. The summed E-state index contributed by atoms with van der Waals surface area (Å²) in [7, 11) is 0. The van der Waals surface area contributed by atoms with Crippen molar-refractivity contribution >= 4 is 22.6 Å². The van der Waals surface area contributed by atoms with E-state index in [1.807, 2.05) is 11.8 Å². The molecule has 0 saturated carbocycles. The third kappa shape index (κ3) is 2.58. The van der Waals surface area contributed by atoms with Gasteiger partial charge in [-0.15, -0.1) is 0 Å². The van der Waals surface area contributed by atoms with E-state index < -0.39 is 17.2 Å². The van der Waals surface area contributed by atoms with Crippen LogP contribution in [0, 0.1) is 11.7 Å². The summed E-state index contributed by atoms with van der Waals surface area (Å²) in [6.07, 6.45) is 2.22. The fourth-order valence-corrected chi connectivity index (χ4v) is 4.17. The van der Waals surface area contributed by atoms with Gasteiger partial charge in [-0.1, -0.05) is 13.3 Å². The number of aromatic nitrogens is 1. The zero-order valence-corrected chi connectivity index (χ0v) is 15.2. The molecule has 0 radical (unpaired) electrons. The van der Waals surface area contributed by atoms with E-state index in [1.54, 1.807) is 4.57 Å². The molecule has 1 aromatic heterocycles. The molecule has 0 aliphatic carbocycles. The van der Waals surface area contributed by atoms with Gasteiger partial charge in [0.25, 0.3) is 0 Å². The number of ether oxygens (including phenoxy) is 1. The van der Waals surface area contributed by atoms with E-state index in [1.165, 1.54) is 6.20 Å². The summed E-state index contributed by atoms with van der Waals surface area (Å²) in [5.41, 5.74) is 5.85. The molecule has 1 fully saturated rings. The molecule has 2 aromatic rings.